The minimum absolute atomic E-state index is 0.165. The van der Waals surface area contributed by atoms with Crippen LogP contribution in [0.3, 0.4) is 0 Å². The van der Waals surface area contributed by atoms with Crippen molar-refractivity contribution < 1.29 is 9.18 Å². The summed E-state index contributed by atoms with van der Waals surface area (Å²) >= 11 is 0. The third-order valence-electron chi connectivity index (χ3n) is 2.06. The van der Waals surface area contributed by atoms with Crippen molar-refractivity contribution in [2.45, 2.75) is 6.04 Å². The third-order valence-corrected chi connectivity index (χ3v) is 2.06. The van der Waals surface area contributed by atoms with Gasteiger partial charge in [-0.2, -0.15) is 0 Å². The fourth-order valence-electron chi connectivity index (χ4n) is 1.39. The highest BCUT2D eigenvalue weighted by Gasteiger charge is 2.27. The summed E-state index contributed by atoms with van der Waals surface area (Å²) in [5.41, 5.74) is 0.725. The molecule has 3 nitrogen and oxygen atoms in total. The smallest absolute Gasteiger partial charge is 0.252 e. The molecular formula is C10H9FN2O. The molecule has 4 heteroatoms. The number of rotatable bonds is 1. The van der Waals surface area contributed by atoms with Crippen LogP contribution in [0.15, 0.2) is 36.7 Å². The Morgan fingerprint density at radius 1 is 1.29 bits per heavy atom. The van der Waals surface area contributed by atoms with Gasteiger partial charge in [0, 0.05) is 0 Å². The van der Waals surface area contributed by atoms with E-state index in [4.69, 9.17) is 0 Å². The minimum Gasteiger partial charge on any atom is -0.357 e. The van der Waals surface area contributed by atoms with E-state index in [1.807, 2.05) is 0 Å². The molecule has 0 radical (unpaired) electrons. The standard InChI is InChI=1S/C10H9FN2O/c1-6-12-9(10(14)13-6)7-2-4-8(11)5-3-7/h2-5,9,12H,1H2,(H,13,14). The van der Waals surface area contributed by atoms with Crippen molar-refractivity contribution in [1.82, 2.24) is 10.6 Å². The molecule has 1 atom stereocenters. The fourth-order valence-corrected chi connectivity index (χ4v) is 1.39. The van der Waals surface area contributed by atoms with Crippen molar-refractivity contribution in [3.05, 3.63) is 48.0 Å². The van der Waals surface area contributed by atoms with E-state index in [-0.39, 0.29) is 11.7 Å². The average Bonchev–Trinajstić information content (AvgIpc) is 2.47. The number of amides is 1. The molecule has 0 bridgehead atoms. The van der Waals surface area contributed by atoms with E-state index in [1.54, 1.807) is 12.1 Å². The molecule has 1 heterocycles. The van der Waals surface area contributed by atoms with Crippen LogP contribution in [0.25, 0.3) is 0 Å². The molecular weight excluding hydrogens is 183 g/mol. The maximum atomic E-state index is 12.6. The van der Waals surface area contributed by atoms with Crippen LogP contribution >= 0.6 is 0 Å². The molecule has 0 aromatic heterocycles. The minimum atomic E-state index is -0.455. The van der Waals surface area contributed by atoms with Gasteiger partial charge >= 0.3 is 0 Å². The lowest BCUT2D eigenvalue weighted by atomic mass is 10.1. The first-order chi connectivity index (χ1) is 6.66. The zero-order valence-electron chi connectivity index (χ0n) is 7.38. The lowest BCUT2D eigenvalue weighted by molar-refractivity contribution is -0.120. The number of carbonyl (C=O) groups excluding carboxylic acids is 1. The Labute approximate surface area is 80.6 Å². The lowest BCUT2D eigenvalue weighted by Gasteiger charge is -2.07. The Kier molecular flexibility index (Phi) is 1.96. The second-order valence-electron chi connectivity index (χ2n) is 3.10. The van der Waals surface area contributed by atoms with Crippen molar-refractivity contribution in [1.29, 1.82) is 0 Å². The number of halogens is 1. The van der Waals surface area contributed by atoms with Crippen molar-refractivity contribution in [2.75, 3.05) is 0 Å². The van der Waals surface area contributed by atoms with Gasteiger partial charge in [-0.25, -0.2) is 4.39 Å². The first kappa shape index (κ1) is 8.74. The molecule has 2 N–H and O–H groups in total. The Hall–Kier alpha value is -1.84. The zero-order chi connectivity index (χ0) is 10.1. The summed E-state index contributed by atoms with van der Waals surface area (Å²) in [5, 5.41) is 5.40. The van der Waals surface area contributed by atoms with Crippen LogP contribution < -0.4 is 10.6 Å². The van der Waals surface area contributed by atoms with Crippen molar-refractivity contribution in [3.63, 3.8) is 0 Å². The first-order valence-corrected chi connectivity index (χ1v) is 4.18. The molecule has 1 aromatic rings. The number of hydrogen-bond donors (Lipinski definition) is 2. The topological polar surface area (TPSA) is 41.1 Å². The average molecular weight is 192 g/mol. The van der Waals surface area contributed by atoms with Crippen LogP contribution in [0.5, 0.6) is 0 Å². The third kappa shape index (κ3) is 1.46. The highest BCUT2D eigenvalue weighted by molar-refractivity contribution is 5.87. The van der Waals surface area contributed by atoms with E-state index in [1.165, 1.54) is 12.1 Å². The van der Waals surface area contributed by atoms with Gasteiger partial charge in [0.1, 0.15) is 11.9 Å². The van der Waals surface area contributed by atoms with Crippen molar-refractivity contribution >= 4 is 5.91 Å². The molecule has 0 aliphatic carbocycles. The van der Waals surface area contributed by atoms with Crippen molar-refractivity contribution in [2.24, 2.45) is 0 Å². The van der Waals surface area contributed by atoms with Gasteiger partial charge in [0.25, 0.3) is 5.91 Å². The molecule has 0 saturated carbocycles. The SMILES string of the molecule is C=C1NC(=O)C(c2ccc(F)cc2)N1. The summed E-state index contributed by atoms with van der Waals surface area (Å²) < 4.78 is 12.6. The summed E-state index contributed by atoms with van der Waals surface area (Å²) in [7, 11) is 0. The molecule has 72 valence electrons. The number of carbonyl (C=O) groups is 1. The molecule has 1 aromatic carbocycles. The molecule has 2 rings (SSSR count). The molecule has 1 saturated heterocycles. The van der Waals surface area contributed by atoms with Crippen LogP contribution in [0.2, 0.25) is 0 Å². The highest BCUT2D eigenvalue weighted by Crippen LogP contribution is 2.18. The van der Waals surface area contributed by atoms with Crippen molar-refractivity contribution in [3.8, 4) is 0 Å². The van der Waals surface area contributed by atoms with E-state index < -0.39 is 6.04 Å². The van der Waals surface area contributed by atoms with E-state index in [0.29, 0.717) is 5.82 Å². The quantitative estimate of drug-likeness (QED) is 0.698. The van der Waals surface area contributed by atoms with Gasteiger partial charge in [0.05, 0.1) is 5.82 Å². The summed E-state index contributed by atoms with van der Waals surface area (Å²) in [6.07, 6.45) is 0. The van der Waals surface area contributed by atoms with Gasteiger partial charge in [-0.05, 0) is 17.7 Å². The maximum Gasteiger partial charge on any atom is 0.252 e. The maximum absolute atomic E-state index is 12.6. The Balaban J connectivity index is 2.27. The Morgan fingerprint density at radius 3 is 2.43 bits per heavy atom. The first-order valence-electron chi connectivity index (χ1n) is 4.18. The molecule has 1 fully saturated rings. The van der Waals surface area contributed by atoms with Crippen LogP contribution in [0, 0.1) is 5.82 Å². The Morgan fingerprint density at radius 2 is 1.93 bits per heavy atom. The number of hydrogen-bond acceptors (Lipinski definition) is 2. The number of benzene rings is 1. The van der Waals surface area contributed by atoms with Gasteiger partial charge in [-0.3, -0.25) is 4.79 Å². The monoisotopic (exact) mass is 192 g/mol. The predicted octanol–water partition coefficient (Wildman–Crippen LogP) is 1.06. The van der Waals surface area contributed by atoms with Gasteiger partial charge in [0.15, 0.2) is 0 Å². The van der Waals surface area contributed by atoms with E-state index in [2.05, 4.69) is 17.2 Å². The molecule has 1 unspecified atom stereocenters. The van der Waals surface area contributed by atoms with Gasteiger partial charge < -0.3 is 10.6 Å². The lowest BCUT2D eigenvalue weighted by Crippen LogP contribution is -2.19. The van der Waals surface area contributed by atoms with E-state index in [9.17, 15) is 9.18 Å². The molecule has 1 amide bonds. The molecule has 1 aliphatic rings. The largest absolute Gasteiger partial charge is 0.357 e. The normalized spacial score (nSPS) is 20.5. The summed E-state index contributed by atoms with van der Waals surface area (Å²) in [6.45, 7) is 3.58. The summed E-state index contributed by atoms with van der Waals surface area (Å²) in [5.74, 6) is -0.00286. The van der Waals surface area contributed by atoms with E-state index in [0.717, 1.165) is 5.56 Å². The summed E-state index contributed by atoms with van der Waals surface area (Å²) in [6, 6.07) is 5.34. The van der Waals surface area contributed by atoms with Crippen LogP contribution in [0.4, 0.5) is 4.39 Å². The summed E-state index contributed by atoms with van der Waals surface area (Å²) in [4.78, 5) is 11.3. The second-order valence-corrected chi connectivity index (χ2v) is 3.10. The van der Waals surface area contributed by atoms with Crippen LogP contribution in [-0.2, 0) is 4.79 Å². The zero-order valence-corrected chi connectivity index (χ0v) is 7.38. The van der Waals surface area contributed by atoms with Crippen LogP contribution in [-0.4, -0.2) is 5.91 Å². The van der Waals surface area contributed by atoms with E-state index >= 15 is 0 Å². The Bertz CT molecular complexity index is 386. The fraction of sp³-hybridized carbons (Fsp3) is 0.100. The van der Waals surface area contributed by atoms with Gasteiger partial charge in [0.2, 0.25) is 0 Å². The second kappa shape index (κ2) is 3.14. The highest BCUT2D eigenvalue weighted by atomic mass is 19.1. The molecule has 1 aliphatic heterocycles. The number of nitrogens with one attached hydrogen (secondary N) is 2. The van der Waals surface area contributed by atoms with Gasteiger partial charge in [-0.1, -0.05) is 18.7 Å². The molecule has 14 heavy (non-hydrogen) atoms. The van der Waals surface area contributed by atoms with Gasteiger partial charge in [-0.15, -0.1) is 0 Å². The molecule has 0 spiro atoms. The predicted molar refractivity (Wildman–Crippen MR) is 49.6 cm³/mol. The van der Waals surface area contributed by atoms with Crippen LogP contribution in [0.1, 0.15) is 11.6 Å².